The summed E-state index contributed by atoms with van der Waals surface area (Å²) in [5.74, 6) is 0.271. The highest BCUT2D eigenvalue weighted by atomic mass is 16.5. The van der Waals surface area contributed by atoms with Crippen LogP contribution in [0.1, 0.15) is 12.5 Å². The van der Waals surface area contributed by atoms with E-state index in [1.165, 1.54) is 4.90 Å². The molecule has 1 aromatic carbocycles. The summed E-state index contributed by atoms with van der Waals surface area (Å²) in [5, 5.41) is 2.71. The number of hydrogen-bond acceptors (Lipinski definition) is 4. The van der Waals surface area contributed by atoms with Gasteiger partial charge >= 0.3 is 0 Å². The van der Waals surface area contributed by atoms with Crippen molar-refractivity contribution in [3.63, 3.8) is 0 Å². The molecule has 0 fully saturated rings. The molecule has 0 aliphatic heterocycles. The van der Waals surface area contributed by atoms with E-state index in [0.29, 0.717) is 12.3 Å². The highest BCUT2D eigenvalue weighted by Gasteiger charge is 2.07. The molecular formula is C14H21N3O3. The van der Waals surface area contributed by atoms with Gasteiger partial charge in [-0.1, -0.05) is 12.1 Å². The normalized spacial score (nSPS) is 11.6. The van der Waals surface area contributed by atoms with E-state index in [-0.39, 0.29) is 18.4 Å². The zero-order valence-electron chi connectivity index (χ0n) is 12.1. The Morgan fingerprint density at radius 3 is 2.70 bits per heavy atom. The molecule has 1 atom stereocenters. The summed E-state index contributed by atoms with van der Waals surface area (Å²) < 4.78 is 5.40. The van der Waals surface area contributed by atoms with Crippen LogP contribution in [-0.2, 0) is 16.1 Å². The van der Waals surface area contributed by atoms with E-state index in [2.05, 4.69) is 5.32 Å². The van der Waals surface area contributed by atoms with Gasteiger partial charge in [0.15, 0.2) is 6.61 Å². The van der Waals surface area contributed by atoms with Gasteiger partial charge in [-0.3, -0.25) is 9.59 Å². The lowest BCUT2D eigenvalue weighted by molar-refractivity contribution is -0.130. The lowest BCUT2D eigenvalue weighted by Gasteiger charge is -2.12. The second-order valence-corrected chi connectivity index (χ2v) is 4.73. The first-order chi connectivity index (χ1) is 9.40. The van der Waals surface area contributed by atoms with Crippen LogP contribution in [0, 0.1) is 0 Å². The molecule has 0 unspecified atom stereocenters. The number of nitrogens with zero attached hydrogens (tertiary/aromatic N) is 1. The molecule has 1 rings (SSSR count). The number of amides is 2. The Balaban J connectivity index is 2.53. The van der Waals surface area contributed by atoms with Crippen LogP contribution in [0.4, 0.5) is 0 Å². The van der Waals surface area contributed by atoms with Crippen molar-refractivity contribution in [1.29, 1.82) is 0 Å². The van der Waals surface area contributed by atoms with Crippen LogP contribution in [0.2, 0.25) is 0 Å². The summed E-state index contributed by atoms with van der Waals surface area (Å²) >= 11 is 0. The fraction of sp³-hybridized carbons (Fsp3) is 0.429. The minimum absolute atomic E-state index is 0.0113. The monoisotopic (exact) mass is 279 g/mol. The lowest BCUT2D eigenvalue weighted by atomic mass is 10.2. The number of likely N-dealkylation sites (N-methyl/N-ethyl adjacent to an activating group) is 1. The molecule has 0 radical (unpaired) electrons. The maximum absolute atomic E-state index is 11.4. The van der Waals surface area contributed by atoms with Crippen molar-refractivity contribution in [3.05, 3.63) is 29.8 Å². The first-order valence-corrected chi connectivity index (χ1v) is 6.35. The Hall–Kier alpha value is -2.08. The SMILES string of the molecule is C[C@@H](N)C(=O)NCc1cccc(OCC(=O)N(C)C)c1. The number of ether oxygens (including phenoxy) is 1. The summed E-state index contributed by atoms with van der Waals surface area (Å²) in [6.07, 6.45) is 0. The average molecular weight is 279 g/mol. The van der Waals surface area contributed by atoms with Crippen LogP contribution in [0.5, 0.6) is 5.75 Å². The molecule has 0 spiro atoms. The maximum atomic E-state index is 11.4. The van der Waals surface area contributed by atoms with Gasteiger partial charge < -0.3 is 20.7 Å². The van der Waals surface area contributed by atoms with E-state index >= 15 is 0 Å². The fourth-order valence-corrected chi connectivity index (χ4v) is 1.37. The van der Waals surface area contributed by atoms with Crippen molar-refractivity contribution >= 4 is 11.8 Å². The summed E-state index contributed by atoms with van der Waals surface area (Å²) in [6.45, 7) is 1.99. The van der Waals surface area contributed by atoms with Gasteiger partial charge in [0.2, 0.25) is 5.91 Å². The number of hydrogen-bond donors (Lipinski definition) is 2. The molecule has 0 aliphatic carbocycles. The van der Waals surface area contributed by atoms with Gasteiger partial charge in [-0.2, -0.15) is 0 Å². The molecule has 110 valence electrons. The Kier molecular flexibility index (Phi) is 5.99. The zero-order chi connectivity index (χ0) is 15.1. The highest BCUT2D eigenvalue weighted by Crippen LogP contribution is 2.13. The van der Waals surface area contributed by atoms with E-state index in [9.17, 15) is 9.59 Å². The molecule has 20 heavy (non-hydrogen) atoms. The molecular weight excluding hydrogens is 258 g/mol. The first kappa shape index (κ1) is 16.0. The molecule has 0 heterocycles. The molecule has 0 aliphatic rings. The van der Waals surface area contributed by atoms with Crippen LogP contribution in [0.15, 0.2) is 24.3 Å². The van der Waals surface area contributed by atoms with Gasteiger partial charge in [-0.05, 0) is 24.6 Å². The van der Waals surface area contributed by atoms with Gasteiger partial charge in [-0.25, -0.2) is 0 Å². The Bertz CT molecular complexity index is 433. The van der Waals surface area contributed by atoms with Gasteiger partial charge in [-0.15, -0.1) is 0 Å². The Labute approximate surface area is 118 Å². The van der Waals surface area contributed by atoms with Crippen molar-refractivity contribution < 1.29 is 14.3 Å². The third kappa shape index (κ3) is 5.27. The van der Waals surface area contributed by atoms with Crippen molar-refractivity contribution in [2.75, 3.05) is 20.7 Å². The number of benzene rings is 1. The van der Waals surface area contributed by atoms with Crippen molar-refractivity contribution in [1.82, 2.24) is 10.2 Å². The van der Waals surface area contributed by atoms with Crippen LogP contribution in [0.25, 0.3) is 0 Å². The summed E-state index contributed by atoms with van der Waals surface area (Å²) in [7, 11) is 3.34. The summed E-state index contributed by atoms with van der Waals surface area (Å²) in [6, 6.07) is 6.68. The number of carbonyl (C=O) groups is 2. The van der Waals surface area contributed by atoms with Gasteiger partial charge in [0.1, 0.15) is 5.75 Å². The highest BCUT2D eigenvalue weighted by molar-refractivity contribution is 5.80. The molecule has 0 bridgehead atoms. The molecule has 6 heteroatoms. The molecule has 1 aromatic rings. The third-order valence-corrected chi connectivity index (χ3v) is 2.64. The standard InChI is InChI=1S/C14H21N3O3/c1-10(15)14(19)16-8-11-5-4-6-12(7-11)20-9-13(18)17(2)3/h4-7,10H,8-9,15H2,1-3H3,(H,16,19)/t10-/m1/s1. The molecule has 0 aromatic heterocycles. The summed E-state index contributed by atoms with van der Waals surface area (Å²) in [4.78, 5) is 24.3. The van der Waals surface area contributed by atoms with E-state index in [4.69, 9.17) is 10.5 Å². The predicted molar refractivity (Wildman–Crippen MR) is 76.1 cm³/mol. The smallest absolute Gasteiger partial charge is 0.259 e. The third-order valence-electron chi connectivity index (χ3n) is 2.64. The molecule has 0 saturated heterocycles. The van der Waals surface area contributed by atoms with E-state index in [1.54, 1.807) is 33.2 Å². The van der Waals surface area contributed by atoms with E-state index in [0.717, 1.165) is 5.56 Å². The van der Waals surface area contributed by atoms with E-state index in [1.807, 2.05) is 12.1 Å². The maximum Gasteiger partial charge on any atom is 0.259 e. The molecule has 3 N–H and O–H groups in total. The topological polar surface area (TPSA) is 84.7 Å². The molecule has 6 nitrogen and oxygen atoms in total. The number of carbonyl (C=O) groups excluding carboxylic acids is 2. The zero-order valence-corrected chi connectivity index (χ0v) is 12.1. The summed E-state index contributed by atoms with van der Waals surface area (Å²) in [5.41, 5.74) is 6.34. The van der Waals surface area contributed by atoms with Crippen LogP contribution >= 0.6 is 0 Å². The minimum atomic E-state index is -0.535. The van der Waals surface area contributed by atoms with Crippen LogP contribution in [0.3, 0.4) is 0 Å². The Morgan fingerprint density at radius 2 is 2.10 bits per heavy atom. The van der Waals surface area contributed by atoms with Gasteiger partial charge in [0.05, 0.1) is 6.04 Å². The van der Waals surface area contributed by atoms with Crippen molar-refractivity contribution in [2.45, 2.75) is 19.5 Å². The second kappa shape index (κ2) is 7.49. The van der Waals surface area contributed by atoms with Crippen LogP contribution < -0.4 is 15.8 Å². The number of rotatable bonds is 6. The van der Waals surface area contributed by atoms with Gasteiger partial charge in [0.25, 0.3) is 5.91 Å². The Morgan fingerprint density at radius 1 is 1.40 bits per heavy atom. The van der Waals surface area contributed by atoms with E-state index < -0.39 is 6.04 Å². The second-order valence-electron chi connectivity index (χ2n) is 4.73. The largest absolute Gasteiger partial charge is 0.484 e. The minimum Gasteiger partial charge on any atom is -0.484 e. The number of nitrogens with one attached hydrogen (secondary N) is 1. The van der Waals surface area contributed by atoms with Crippen molar-refractivity contribution in [2.24, 2.45) is 5.73 Å². The fourth-order valence-electron chi connectivity index (χ4n) is 1.37. The van der Waals surface area contributed by atoms with Gasteiger partial charge in [0, 0.05) is 20.6 Å². The van der Waals surface area contributed by atoms with Crippen LogP contribution in [-0.4, -0.2) is 43.5 Å². The quantitative estimate of drug-likeness (QED) is 0.774. The average Bonchev–Trinajstić information content (AvgIpc) is 2.42. The predicted octanol–water partition coefficient (Wildman–Crippen LogP) is 0.117. The number of nitrogens with two attached hydrogens (primary N) is 1. The molecule has 0 saturated carbocycles. The lowest BCUT2D eigenvalue weighted by Crippen LogP contribution is -2.37. The molecule has 2 amide bonds. The van der Waals surface area contributed by atoms with Crippen molar-refractivity contribution in [3.8, 4) is 5.75 Å². The first-order valence-electron chi connectivity index (χ1n) is 6.35.